The highest BCUT2D eigenvalue weighted by Crippen LogP contribution is 2.29. The van der Waals surface area contributed by atoms with Crippen molar-refractivity contribution in [3.05, 3.63) is 0 Å². The zero-order valence-corrected chi connectivity index (χ0v) is 11.6. The predicted octanol–water partition coefficient (Wildman–Crippen LogP) is 3.16. The molecule has 2 N–H and O–H groups in total. The number of nitrogens with zero attached hydrogens (tertiary/aromatic N) is 1. The van der Waals surface area contributed by atoms with Crippen LogP contribution in [0.1, 0.15) is 64.7 Å². The summed E-state index contributed by atoms with van der Waals surface area (Å²) in [5, 5.41) is 0. The molecule has 2 aliphatic rings. The van der Waals surface area contributed by atoms with Crippen molar-refractivity contribution in [3.63, 3.8) is 0 Å². The van der Waals surface area contributed by atoms with Crippen LogP contribution in [0.5, 0.6) is 0 Å². The zero-order chi connectivity index (χ0) is 12.1. The molecule has 0 amide bonds. The Labute approximate surface area is 107 Å². The smallest absolute Gasteiger partial charge is 0.0166 e. The lowest BCUT2D eigenvalue weighted by Crippen LogP contribution is -2.44. The van der Waals surface area contributed by atoms with Gasteiger partial charge in [-0.25, -0.2) is 0 Å². The molecule has 0 bridgehead atoms. The topological polar surface area (TPSA) is 29.3 Å². The van der Waals surface area contributed by atoms with E-state index >= 15 is 0 Å². The van der Waals surface area contributed by atoms with Gasteiger partial charge in [-0.15, -0.1) is 0 Å². The van der Waals surface area contributed by atoms with Crippen LogP contribution in [-0.2, 0) is 0 Å². The van der Waals surface area contributed by atoms with Crippen LogP contribution in [0, 0.1) is 5.92 Å². The van der Waals surface area contributed by atoms with Gasteiger partial charge < -0.3 is 10.6 Å². The molecule has 0 radical (unpaired) electrons. The van der Waals surface area contributed by atoms with Crippen LogP contribution in [-0.4, -0.2) is 30.1 Å². The number of hydrogen-bond donors (Lipinski definition) is 1. The Morgan fingerprint density at radius 3 is 2.59 bits per heavy atom. The Hall–Kier alpha value is -0.0800. The molecule has 1 saturated heterocycles. The van der Waals surface area contributed by atoms with E-state index in [1.54, 1.807) is 0 Å². The third kappa shape index (κ3) is 4.26. The minimum Gasteiger partial charge on any atom is -0.325 e. The van der Waals surface area contributed by atoms with Gasteiger partial charge in [0.15, 0.2) is 0 Å². The molecule has 2 fully saturated rings. The van der Waals surface area contributed by atoms with Gasteiger partial charge in [0.05, 0.1) is 0 Å². The second kappa shape index (κ2) is 6.19. The Balaban J connectivity index is 1.73. The van der Waals surface area contributed by atoms with Gasteiger partial charge in [0.25, 0.3) is 0 Å². The molecule has 2 heteroatoms. The largest absolute Gasteiger partial charge is 0.325 e. The average molecular weight is 238 g/mol. The van der Waals surface area contributed by atoms with Crippen LogP contribution in [0.15, 0.2) is 0 Å². The number of rotatable bonds is 3. The van der Waals surface area contributed by atoms with Gasteiger partial charge in [0.1, 0.15) is 0 Å². The number of hydrogen-bond acceptors (Lipinski definition) is 2. The average Bonchev–Trinajstić information content (AvgIpc) is 2.53. The lowest BCUT2D eigenvalue weighted by Gasteiger charge is -2.35. The molecule has 1 unspecified atom stereocenters. The molecule has 0 aromatic heterocycles. The van der Waals surface area contributed by atoms with E-state index in [2.05, 4.69) is 11.8 Å². The monoisotopic (exact) mass is 238 g/mol. The van der Waals surface area contributed by atoms with Crippen molar-refractivity contribution in [2.45, 2.75) is 70.3 Å². The van der Waals surface area contributed by atoms with E-state index in [1.807, 2.05) is 0 Å². The van der Waals surface area contributed by atoms with E-state index in [1.165, 1.54) is 77.4 Å². The van der Waals surface area contributed by atoms with E-state index in [9.17, 15) is 0 Å². The fourth-order valence-electron chi connectivity index (χ4n) is 3.43. The van der Waals surface area contributed by atoms with Crippen molar-refractivity contribution in [1.82, 2.24) is 4.90 Å². The van der Waals surface area contributed by atoms with Crippen molar-refractivity contribution < 1.29 is 0 Å². The summed E-state index contributed by atoms with van der Waals surface area (Å²) in [6.07, 6.45) is 12.1. The SMILES string of the molecule is CC1CCCN(CCC2(N)CCCCC2)CC1. The highest BCUT2D eigenvalue weighted by atomic mass is 15.1. The Morgan fingerprint density at radius 2 is 1.82 bits per heavy atom. The Morgan fingerprint density at radius 1 is 1.06 bits per heavy atom. The van der Waals surface area contributed by atoms with Crippen molar-refractivity contribution in [2.24, 2.45) is 11.7 Å². The minimum atomic E-state index is 0.177. The Bertz CT molecular complexity index is 221. The Kier molecular flexibility index (Phi) is 4.87. The molecular formula is C15H30N2. The van der Waals surface area contributed by atoms with E-state index < -0.39 is 0 Å². The standard InChI is InChI=1S/C15H30N2/c1-14-6-5-11-17(12-7-14)13-10-15(16)8-3-2-4-9-15/h14H,2-13,16H2,1H3. The summed E-state index contributed by atoms with van der Waals surface area (Å²) < 4.78 is 0. The van der Waals surface area contributed by atoms with Crippen LogP contribution in [0.4, 0.5) is 0 Å². The van der Waals surface area contributed by atoms with Gasteiger partial charge in [-0.2, -0.15) is 0 Å². The highest BCUT2D eigenvalue weighted by Gasteiger charge is 2.27. The summed E-state index contributed by atoms with van der Waals surface area (Å²) in [5.41, 5.74) is 6.69. The van der Waals surface area contributed by atoms with Crippen molar-refractivity contribution in [3.8, 4) is 0 Å². The maximum Gasteiger partial charge on any atom is 0.0166 e. The van der Waals surface area contributed by atoms with Crippen molar-refractivity contribution in [1.29, 1.82) is 0 Å². The number of likely N-dealkylation sites (tertiary alicyclic amines) is 1. The molecule has 17 heavy (non-hydrogen) atoms. The maximum absolute atomic E-state index is 6.52. The fourth-order valence-corrected chi connectivity index (χ4v) is 3.43. The summed E-state index contributed by atoms with van der Waals surface area (Å²) in [6, 6.07) is 0. The van der Waals surface area contributed by atoms with Crippen molar-refractivity contribution in [2.75, 3.05) is 19.6 Å². The van der Waals surface area contributed by atoms with Crippen molar-refractivity contribution >= 4 is 0 Å². The molecule has 0 spiro atoms. The van der Waals surface area contributed by atoms with Gasteiger partial charge in [-0.3, -0.25) is 0 Å². The van der Waals surface area contributed by atoms with Crippen LogP contribution in [0.2, 0.25) is 0 Å². The van der Waals surface area contributed by atoms with Gasteiger partial charge in [0.2, 0.25) is 0 Å². The minimum absolute atomic E-state index is 0.177. The molecule has 2 rings (SSSR count). The van der Waals surface area contributed by atoms with Gasteiger partial charge in [-0.05, 0) is 64.1 Å². The second-order valence-electron chi connectivity index (χ2n) is 6.55. The zero-order valence-electron chi connectivity index (χ0n) is 11.6. The van der Waals surface area contributed by atoms with Gasteiger partial charge in [-0.1, -0.05) is 26.2 Å². The molecule has 2 nitrogen and oxygen atoms in total. The molecule has 1 saturated carbocycles. The molecule has 1 heterocycles. The molecule has 1 atom stereocenters. The molecular weight excluding hydrogens is 208 g/mol. The number of nitrogens with two attached hydrogens (primary N) is 1. The summed E-state index contributed by atoms with van der Waals surface area (Å²) in [7, 11) is 0. The van der Waals surface area contributed by atoms with Crippen LogP contribution in [0.3, 0.4) is 0 Å². The molecule has 0 aromatic rings. The lowest BCUT2D eigenvalue weighted by molar-refractivity contribution is 0.211. The van der Waals surface area contributed by atoms with E-state index in [-0.39, 0.29) is 5.54 Å². The summed E-state index contributed by atoms with van der Waals surface area (Å²) >= 11 is 0. The summed E-state index contributed by atoms with van der Waals surface area (Å²) in [6.45, 7) is 6.25. The third-order valence-corrected chi connectivity index (χ3v) is 4.88. The molecule has 0 aromatic carbocycles. The first-order chi connectivity index (χ1) is 8.18. The van der Waals surface area contributed by atoms with Gasteiger partial charge >= 0.3 is 0 Å². The fraction of sp³-hybridized carbons (Fsp3) is 1.00. The van der Waals surface area contributed by atoms with Gasteiger partial charge in [0, 0.05) is 5.54 Å². The quantitative estimate of drug-likeness (QED) is 0.818. The van der Waals surface area contributed by atoms with E-state index in [0.717, 1.165) is 5.92 Å². The molecule has 1 aliphatic heterocycles. The maximum atomic E-state index is 6.52. The third-order valence-electron chi connectivity index (χ3n) is 4.88. The van der Waals surface area contributed by atoms with E-state index in [0.29, 0.717) is 0 Å². The first-order valence-corrected chi connectivity index (χ1v) is 7.69. The first kappa shape index (κ1) is 13.4. The molecule has 1 aliphatic carbocycles. The first-order valence-electron chi connectivity index (χ1n) is 7.69. The lowest BCUT2D eigenvalue weighted by atomic mass is 9.80. The van der Waals surface area contributed by atoms with Crippen LogP contribution >= 0.6 is 0 Å². The summed E-state index contributed by atoms with van der Waals surface area (Å²) in [4.78, 5) is 2.66. The molecule has 100 valence electrons. The highest BCUT2D eigenvalue weighted by molar-refractivity contribution is 4.88. The van der Waals surface area contributed by atoms with Crippen LogP contribution in [0.25, 0.3) is 0 Å². The van der Waals surface area contributed by atoms with Crippen LogP contribution < -0.4 is 5.73 Å². The van der Waals surface area contributed by atoms with E-state index in [4.69, 9.17) is 5.73 Å². The normalized spacial score (nSPS) is 31.1. The second-order valence-corrected chi connectivity index (χ2v) is 6.55. The summed E-state index contributed by atoms with van der Waals surface area (Å²) in [5.74, 6) is 0.932. The predicted molar refractivity (Wildman–Crippen MR) is 74.1 cm³/mol.